The zero-order valence-corrected chi connectivity index (χ0v) is 12.6. The Balaban J connectivity index is 2.04. The summed E-state index contributed by atoms with van der Waals surface area (Å²) in [6.45, 7) is 3.25. The second-order valence-corrected chi connectivity index (χ2v) is 5.61. The number of aryl methyl sites for hydroxylation is 2. The molecule has 1 amide bonds. The first-order valence-corrected chi connectivity index (χ1v) is 7.48. The van der Waals surface area contributed by atoms with E-state index in [0.717, 1.165) is 18.4 Å². The Bertz CT molecular complexity index is 694. The van der Waals surface area contributed by atoms with Gasteiger partial charge in [0.2, 0.25) is 0 Å². The summed E-state index contributed by atoms with van der Waals surface area (Å²) in [4.78, 5) is 14.5. The van der Waals surface area contributed by atoms with Gasteiger partial charge in [0.25, 0.3) is 5.91 Å². The molecule has 3 rings (SSSR count). The number of carbonyl (C=O) groups excluding carboxylic acids is 1. The molecule has 5 heteroatoms. The molecule has 1 aliphatic heterocycles. The number of nitrogens with zero attached hydrogens (tertiary/aromatic N) is 2. The van der Waals surface area contributed by atoms with Crippen molar-refractivity contribution in [2.24, 2.45) is 0 Å². The molecule has 0 fully saturated rings. The lowest BCUT2D eigenvalue weighted by atomic mass is 10.0. The number of phenolic OH excluding ortho intramolecular Hbond substituents is 1. The van der Waals surface area contributed by atoms with Gasteiger partial charge in [0.05, 0.1) is 10.7 Å². The van der Waals surface area contributed by atoms with Crippen molar-refractivity contribution in [1.82, 2.24) is 4.57 Å². The molecule has 0 aliphatic carbocycles. The minimum absolute atomic E-state index is 0.119. The largest absolute Gasteiger partial charge is 0.506 e. The lowest BCUT2D eigenvalue weighted by Crippen LogP contribution is -2.36. The highest BCUT2D eigenvalue weighted by Gasteiger charge is 2.27. The normalized spacial score (nSPS) is 14.1. The van der Waals surface area contributed by atoms with Gasteiger partial charge in [-0.15, -0.1) is 0 Å². The van der Waals surface area contributed by atoms with Gasteiger partial charge >= 0.3 is 0 Å². The zero-order chi connectivity index (χ0) is 15.0. The highest BCUT2D eigenvalue weighted by molar-refractivity contribution is 6.31. The molecule has 0 atom stereocenters. The van der Waals surface area contributed by atoms with Gasteiger partial charge in [-0.2, -0.15) is 0 Å². The molecule has 0 unspecified atom stereocenters. The van der Waals surface area contributed by atoms with E-state index in [4.69, 9.17) is 11.6 Å². The van der Waals surface area contributed by atoms with Crippen molar-refractivity contribution in [2.45, 2.75) is 26.3 Å². The molecule has 4 nitrogen and oxygen atoms in total. The molecule has 1 aliphatic rings. The summed E-state index contributed by atoms with van der Waals surface area (Å²) in [5.74, 6) is 0.0347. The van der Waals surface area contributed by atoms with E-state index in [1.54, 1.807) is 23.2 Å². The van der Waals surface area contributed by atoms with Gasteiger partial charge < -0.3 is 14.6 Å². The van der Waals surface area contributed by atoms with Crippen LogP contribution in [0.2, 0.25) is 5.02 Å². The number of para-hydroxylation sites is 1. The summed E-state index contributed by atoms with van der Waals surface area (Å²) in [6, 6.07) is 7.08. The lowest BCUT2D eigenvalue weighted by Gasteiger charge is -2.30. The van der Waals surface area contributed by atoms with E-state index in [1.807, 2.05) is 23.6 Å². The number of aromatic hydroxyl groups is 1. The number of fused-ring (bicyclic) bond motifs is 1. The van der Waals surface area contributed by atoms with E-state index in [9.17, 15) is 9.90 Å². The second-order valence-electron chi connectivity index (χ2n) is 5.17. The monoisotopic (exact) mass is 304 g/mol. The van der Waals surface area contributed by atoms with Gasteiger partial charge in [0.1, 0.15) is 11.4 Å². The molecule has 0 bridgehead atoms. The molecule has 0 saturated carbocycles. The number of hydrogen-bond acceptors (Lipinski definition) is 2. The third kappa shape index (κ3) is 2.40. The van der Waals surface area contributed by atoms with Crippen molar-refractivity contribution in [3.63, 3.8) is 0 Å². The summed E-state index contributed by atoms with van der Waals surface area (Å²) in [5, 5.41) is 10.7. The Morgan fingerprint density at radius 3 is 3.00 bits per heavy atom. The first kappa shape index (κ1) is 14.0. The van der Waals surface area contributed by atoms with E-state index in [2.05, 4.69) is 0 Å². The van der Waals surface area contributed by atoms with Crippen LogP contribution in [0.25, 0.3) is 0 Å². The van der Waals surface area contributed by atoms with Crippen molar-refractivity contribution in [1.29, 1.82) is 0 Å². The maximum atomic E-state index is 12.8. The summed E-state index contributed by atoms with van der Waals surface area (Å²) in [7, 11) is 0. The Morgan fingerprint density at radius 2 is 2.24 bits per heavy atom. The maximum absolute atomic E-state index is 12.8. The third-order valence-electron chi connectivity index (χ3n) is 3.86. The summed E-state index contributed by atoms with van der Waals surface area (Å²) in [6.07, 6.45) is 3.52. The van der Waals surface area contributed by atoms with Crippen LogP contribution in [-0.2, 0) is 13.0 Å². The van der Waals surface area contributed by atoms with Crippen LogP contribution in [0.3, 0.4) is 0 Å². The minimum atomic E-state index is -0.119. The average Bonchev–Trinajstić information content (AvgIpc) is 2.87. The number of phenols is 1. The van der Waals surface area contributed by atoms with Crippen molar-refractivity contribution in [3.8, 4) is 5.75 Å². The maximum Gasteiger partial charge on any atom is 0.275 e. The standard InChI is InChI=1S/C16H17ClN2O2/c1-2-18-10-12(17)9-13(18)16(21)19-8-4-6-11-5-3-7-14(20)15(11)19/h3,5,7,9-10,20H,2,4,6,8H2,1H3. The quantitative estimate of drug-likeness (QED) is 0.923. The SMILES string of the molecule is CCn1cc(Cl)cc1C(=O)N1CCCc2cccc(O)c21. The van der Waals surface area contributed by atoms with E-state index in [-0.39, 0.29) is 11.7 Å². The third-order valence-corrected chi connectivity index (χ3v) is 4.07. The number of carbonyl (C=O) groups is 1. The van der Waals surface area contributed by atoms with Gasteiger partial charge in [0.15, 0.2) is 0 Å². The Labute approximate surface area is 128 Å². The molecule has 2 heterocycles. The van der Waals surface area contributed by atoms with Crippen LogP contribution in [-0.4, -0.2) is 22.1 Å². The number of hydrogen-bond donors (Lipinski definition) is 1. The van der Waals surface area contributed by atoms with Crippen molar-refractivity contribution in [3.05, 3.63) is 46.7 Å². The fourth-order valence-electron chi connectivity index (χ4n) is 2.89. The van der Waals surface area contributed by atoms with Gasteiger partial charge in [0, 0.05) is 19.3 Å². The topological polar surface area (TPSA) is 45.5 Å². The predicted molar refractivity (Wildman–Crippen MR) is 83.2 cm³/mol. The lowest BCUT2D eigenvalue weighted by molar-refractivity contribution is 0.0975. The molecule has 0 saturated heterocycles. The van der Waals surface area contributed by atoms with E-state index in [1.165, 1.54) is 0 Å². The minimum Gasteiger partial charge on any atom is -0.506 e. The van der Waals surface area contributed by atoms with Gasteiger partial charge in [-0.3, -0.25) is 4.79 Å². The van der Waals surface area contributed by atoms with Crippen LogP contribution in [0.1, 0.15) is 29.4 Å². The number of rotatable bonds is 2. The number of halogens is 1. The van der Waals surface area contributed by atoms with Crippen LogP contribution < -0.4 is 4.90 Å². The predicted octanol–water partition coefficient (Wildman–Crippen LogP) is 3.46. The van der Waals surface area contributed by atoms with E-state index in [0.29, 0.717) is 29.5 Å². The molecule has 1 aromatic carbocycles. The van der Waals surface area contributed by atoms with Crippen LogP contribution in [0.4, 0.5) is 5.69 Å². The first-order valence-electron chi connectivity index (χ1n) is 7.10. The number of aromatic nitrogens is 1. The first-order chi connectivity index (χ1) is 10.1. The second kappa shape index (κ2) is 5.45. The highest BCUT2D eigenvalue weighted by atomic mass is 35.5. The van der Waals surface area contributed by atoms with Gasteiger partial charge in [-0.25, -0.2) is 0 Å². The smallest absolute Gasteiger partial charge is 0.275 e. The molecule has 2 aromatic rings. The molecular weight excluding hydrogens is 288 g/mol. The summed E-state index contributed by atoms with van der Waals surface area (Å²) in [5.41, 5.74) is 2.20. The molecule has 1 aromatic heterocycles. The Hall–Kier alpha value is -1.94. The van der Waals surface area contributed by atoms with Crippen molar-refractivity contribution >= 4 is 23.2 Å². The number of amides is 1. The average molecular weight is 305 g/mol. The molecule has 110 valence electrons. The highest BCUT2D eigenvalue weighted by Crippen LogP contribution is 2.36. The number of anilines is 1. The molecule has 0 spiro atoms. The summed E-state index contributed by atoms with van der Waals surface area (Å²) >= 11 is 6.02. The fraction of sp³-hybridized carbons (Fsp3) is 0.312. The van der Waals surface area contributed by atoms with Crippen molar-refractivity contribution in [2.75, 3.05) is 11.4 Å². The number of benzene rings is 1. The zero-order valence-electron chi connectivity index (χ0n) is 11.8. The van der Waals surface area contributed by atoms with E-state index < -0.39 is 0 Å². The van der Waals surface area contributed by atoms with Gasteiger partial charge in [-0.05, 0) is 37.5 Å². The van der Waals surface area contributed by atoms with Crippen LogP contribution in [0.5, 0.6) is 5.75 Å². The van der Waals surface area contributed by atoms with E-state index >= 15 is 0 Å². The molecular formula is C16H17ClN2O2. The van der Waals surface area contributed by atoms with Crippen LogP contribution in [0, 0.1) is 0 Å². The molecule has 21 heavy (non-hydrogen) atoms. The molecule has 1 N–H and O–H groups in total. The van der Waals surface area contributed by atoms with Crippen molar-refractivity contribution < 1.29 is 9.90 Å². The Morgan fingerprint density at radius 1 is 1.43 bits per heavy atom. The van der Waals surface area contributed by atoms with Crippen LogP contribution >= 0.6 is 11.6 Å². The fourth-order valence-corrected chi connectivity index (χ4v) is 3.11. The molecule has 0 radical (unpaired) electrons. The van der Waals surface area contributed by atoms with Gasteiger partial charge in [-0.1, -0.05) is 23.7 Å². The summed E-state index contributed by atoms with van der Waals surface area (Å²) < 4.78 is 1.83. The Kier molecular flexibility index (Phi) is 3.64. The van der Waals surface area contributed by atoms with Crippen LogP contribution in [0.15, 0.2) is 30.5 Å².